The molecule has 0 amide bonds. The Bertz CT molecular complexity index is 504. The van der Waals surface area contributed by atoms with Crippen molar-refractivity contribution >= 4 is 33.2 Å². The van der Waals surface area contributed by atoms with Crippen LogP contribution in [0.1, 0.15) is 5.56 Å². The molecule has 7 heteroatoms. The van der Waals surface area contributed by atoms with E-state index in [0.29, 0.717) is 23.1 Å². The van der Waals surface area contributed by atoms with E-state index < -0.39 is 10.0 Å². The Hall–Kier alpha value is -0.330. The maximum atomic E-state index is 11.5. The largest absolute Gasteiger partial charge is 0.312 e. The summed E-state index contributed by atoms with van der Waals surface area (Å²) in [6.45, 7) is 0.853. The zero-order valence-electron chi connectivity index (χ0n) is 10.3. The van der Waals surface area contributed by atoms with Crippen molar-refractivity contribution in [3.05, 3.63) is 33.8 Å². The fraction of sp³-hybridized carbons (Fsp3) is 0.455. The molecule has 0 unspecified atom stereocenters. The Morgan fingerprint density at radius 1 is 1.28 bits per heavy atom. The molecule has 0 saturated heterocycles. The summed E-state index contributed by atoms with van der Waals surface area (Å²) in [7, 11) is -0.125. The maximum absolute atomic E-state index is 11.5. The highest BCUT2D eigenvalue weighted by atomic mass is 35.5. The highest BCUT2D eigenvalue weighted by molar-refractivity contribution is 7.89. The third-order valence-electron chi connectivity index (χ3n) is 2.42. The number of sulfonamides is 1. The first kappa shape index (κ1) is 15.7. The van der Waals surface area contributed by atoms with Crippen LogP contribution in [-0.4, -0.2) is 39.1 Å². The van der Waals surface area contributed by atoms with Crippen LogP contribution in [0.2, 0.25) is 10.0 Å². The lowest BCUT2D eigenvalue weighted by Gasteiger charge is -2.12. The van der Waals surface area contributed by atoms with Crippen molar-refractivity contribution in [1.29, 1.82) is 0 Å². The van der Waals surface area contributed by atoms with Crippen LogP contribution in [0.15, 0.2) is 18.2 Å². The van der Waals surface area contributed by atoms with Gasteiger partial charge in [0.15, 0.2) is 0 Å². The molecule has 1 rings (SSSR count). The Morgan fingerprint density at radius 2 is 1.94 bits per heavy atom. The molecule has 0 aromatic heterocycles. The highest BCUT2D eigenvalue weighted by Gasteiger charge is 2.12. The van der Waals surface area contributed by atoms with Gasteiger partial charge in [-0.25, -0.2) is 12.7 Å². The van der Waals surface area contributed by atoms with E-state index in [-0.39, 0.29) is 5.75 Å². The van der Waals surface area contributed by atoms with Crippen LogP contribution >= 0.6 is 23.2 Å². The molecule has 102 valence electrons. The van der Waals surface area contributed by atoms with E-state index in [1.165, 1.54) is 18.4 Å². The Kier molecular flexibility index (Phi) is 5.88. The summed E-state index contributed by atoms with van der Waals surface area (Å²) in [4.78, 5) is 0. The molecular weight excluding hydrogens is 295 g/mol. The van der Waals surface area contributed by atoms with Crippen molar-refractivity contribution in [3.63, 3.8) is 0 Å². The van der Waals surface area contributed by atoms with Crippen LogP contribution in [0.4, 0.5) is 0 Å². The molecule has 0 radical (unpaired) electrons. The molecular formula is C11H16Cl2N2O2S. The summed E-state index contributed by atoms with van der Waals surface area (Å²) in [6, 6.07) is 5.19. The molecule has 0 aliphatic heterocycles. The van der Waals surface area contributed by atoms with Gasteiger partial charge in [-0.3, -0.25) is 0 Å². The monoisotopic (exact) mass is 310 g/mol. The zero-order chi connectivity index (χ0) is 13.8. The van der Waals surface area contributed by atoms with Gasteiger partial charge in [-0.15, -0.1) is 0 Å². The van der Waals surface area contributed by atoms with Gasteiger partial charge in [-0.05, 0) is 23.8 Å². The molecule has 0 saturated carbocycles. The number of nitrogens with one attached hydrogen (secondary N) is 1. The first-order valence-electron chi connectivity index (χ1n) is 5.38. The number of rotatable bonds is 6. The summed E-state index contributed by atoms with van der Waals surface area (Å²) < 4.78 is 24.2. The fourth-order valence-electron chi connectivity index (χ4n) is 1.29. The number of hydrogen-bond acceptors (Lipinski definition) is 3. The van der Waals surface area contributed by atoms with Gasteiger partial charge in [0, 0.05) is 37.2 Å². The fourth-order valence-corrected chi connectivity index (χ4v) is 2.43. The van der Waals surface area contributed by atoms with E-state index in [1.54, 1.807) is 18.2 Å². The van der Waals surface area contributed by atoms with E-state index >= 15 is 0 Å². The van der Waals surface area contributed by atoms with E-state index in [9.17, 15) is 8.42 Å². The lowest BCUT2D eigenvalue weighted by atomic mass is 10.2. The van der Waals surface area contributed by atoms with Crippen molar-refractivity contribution in [2.45, 2.75) is 6.54 Å². The minimum atomic E-state index is -3.16. The molecule has 0 bridgehead atoms. The van der Waals surface area contributed by atoms with Gasteiger partial charge in [0.25, 0.3) is 0 Å². The van der Waals surface area contributed by atoms with Gasteiger partial charge in [0.05, 0.1) is 5.75 Å². The molecule has 18 heavy (non-hydrogen) atoms. The lowest BCUT2D eigenvalue weighted by molar-refractivity contribution is 0.517. The van der Waals surface area contributed by atoms with Gasteiger partial charge in [-0.1, -0.05) is 23.2 Å². The van der Waals surface area contributed by atoms with Crippen LogP contribution in [0.25, 0.3) is 0 Å². The van der Waals surface area contributed by atoms with Crippen LogP contribution in [0.3, 0.4) is 0 Å². The predicted molar refractivity (Wildman–Crippen MR) is 75.6 cm³/mol. The first-order valence-corrected chi connectivity index (χ1v) is 7.74. The standard InChI is InChI=1S/C11H16Cl2N2O2S/c1-15(2)18(16,17)6-5-14-8-9-7-10(12)3-4-11(9)13/h3-4,7,14H,5-6,8H2,1-2H3. The maximum Gasteiger partial charge on any atom is 0.214 e. The van der Waals surface area contributed by atoms with Crippen LogP contribution in [0.5, 0.6) is 0 Å². The quantitative estimate of drug-likeness (QED) is 0.817. The van der Waals surface area contributed by atoms with Crippen molar-refractivity contribution in [2.24, 2.45) is 0 Å². The molecule has 1 N–H and O–H groups in total. The van der Waals surface area contributed by atoms with Crippen molar-refractivity contribution in [1.82, 2.24) is 9.62 Å². The van der Waals surface area contributed by atoms with Gasteiger partial charge in [-0.2, -0.15) is 0 Å². The molecule has 1 aromatic carbocycles. The predicted octanol–water partition coefficient (Wildman–Crippen LogP) is 1.97. The second-order valence-electron chi connectivity index (χ2n) is 4.01. The van der Waals surface area contributed by atoms with E-state index in [1.807, 2.05) is 0 Å². The number of nitrogens with zero attached hydrogens (tertiary/aromatic N) is 1. The Labute approximate surface area is 118 Å². The lowest BCUT2D eigenvalue weighted by Crippen LogP contribution is -2.31. The van der Waals surface area contributed by atoms with Gasteiger partial charge >= 0.3 is 0 Å². The van der Waals surface area contributed by atoms with Crippen LogP contribution in [-0.2, 0) is 16.6 Å². The van der Waals surface area contributed by atoms with Gasteiger partial charge in [0.1, 0.15) is 0 Å². The number of benzene rings is 1. The van der Waals surface area contributed by atoms with Gasteiger partial charge < -0.3 is 5.32 Å². The number of hydrogen-bond donors (Lipinski definition) is 1. The molecule has 1 aromatic rings. The SMILES string of the molecule is CN(C)S(=O)(=O)CCNCc1cc(Cl)ccc1Cl. The summed E-state index contributed by atoms with van der Waals surface area (Å²) in [5.74, 6) is 0.0538. The van der Waals surface area contributed by atoms with Crippen LogP contribution in [0, 0.1) is 0 Å². The smallest absolute Gasteiger partial charge is 0.214 e. The molecule has 0 heterocycles. The third-order valence-corrected chi connectivity index (χ3v) is 4.85. The minimum Gasteiger partial charge on any atom is -0.312 e. The van der Waals surface area contributed by atoms with Crippen molar-refractivity contribution in [3.8, 4) is 0 Å². The summed E-state index contributed by atoms with van der Waals surface area (Å²) >= 11 is 11.8. The highest BCUT2D eigenvalue weighted by Crippen LogP contribution is 2.20. The second-order valence-corrected chi connectivity index (χ2v) is 7.16. The third kappa shape index (κ3) is 4.74. The van der Waals surface area contributed by atoms with E-state index in [2.05, 4.69) is 5.32 Å². The van der Waals surface area contributed by atoms with Crippen LogP contribution < -0.4 is 5.32 Å². The Balaban J connectivity index is 2.46. The minimum absolute atomic E-state index is 0.0538. The Morgan fingerprint density at radius 3 is 2.56 bits per heavy atom. The first-order chi connectivity index (χ1) is 8.33. The molecule has 0 aliphatic rings. The topological polar surface area (TPSA) is 49.4 Å². The second kappa shape index (κ2) is 6.73. The van der Waals surface area contributed by atoms with Crippen molar-refractivity contribution in [2.75, 3.05) is 26.4 Å². The average molecular weight is 311 g/mol. The molecule has 0 aliphatic carbocycles. The molecule has 0 fully saturated rings. The van der Waals surface area contributed by atoms with Gasteiger partial charge in [0.2, 0.25) is 10.0 Å². The molecule has 4 nitrogen and oxygen atoms in total. The summed E-state index contributed by atoms with van der Waals surface area (Å²) in [5.41, 5.74) is 0.853. The normalized spacial score (nSPS) is 12.1. The van der Waals surface area contributed by atoms with E-state index in [4.69, 9.17) is 23.2 Å². The van der Waals surface area contributed by atoms with Crippen molar-refractivity contribution < 1.29 is 8.42 Å². The number of halogens is 2. The zero-order valence-corrected chi connectivity index (χ0v) is 12.6. The average Bonchev–Trinajstić information content (AvgIpc) is 2.28. The molecule has 0 spiro atoms. The summed E-state index contributed by atoms with van der Waals surface area (Å²) in [5, 5.41) is 4.25. The molecule has 0 atom stereocenters. The summed E-state index contributed by atoms with van der Waals surface area (Å²) in [6.07, 6.45) is 0. The van der Waals surface area contributed by atoms with E-state index in [0.717, 1.165) is 5.56 Å².